The number of furan rings is 1. The third-order valence-electron chi connectivity index (χ3n) is 4.27. The molecule has 3 N–H and O–H groups in total. The van der Waals surface area contributed by atoms with Crippen molar-refractivity contribution < 1.29 is 23.9 Å². The quantitative estimate of drug-likeness (QED) is 0.429. The third kappa shape index (κ3) is 5.51. The fraction of sp³-hybridized carbons (Fsp3) is 0.250. The minimum absolute atomic E-state index is 0.0581. The summed E-state index contributed by atoms with van der Waals surface area (Å²) in [4.78, 5) is 35.5. The number of carbonyl (C=O) groups excluding carboxylic acids is 2. The van der Waals surface area contributed by atoms with Crippen molar-refractivity contribution in [2.75, 3.05) is 11.1 Å². The van der Waals surface area contributed by atoms with E-state index in [9.17, 15) is 14.4 Å². The van der Waals surface area contributed by atoms with Gasteiger partial charge in [0.05, 0.1) is 23.6 Å². The Labute approximate surface area is 182 Å². The van der Waals surface area contributed by atoms with Crippen LogP contribution in [0.25, 0.3) is 0 Å². The molecule has 0 aliphatic heterocycles. The number of hydrogen-bond donors (Lipinski definition) is 3. The summed E-state index contributed by atoms with van der Waals surface area (Å²) >= 11 is 1.19. The molecule has 0 radical (unpaired) electrons. The van der Waals surface area contributed by atoms with Crippen molar-refractivity contribution in [3.8, 4) is 0 Å². The predicted molar refractivity (Wildman–Crippen MR) is 113 cm³/mol. The van der Waals surface area contributed by atoms with E-state index in [0.717, 1.165) is 0 Å². The Kier molecular flexibility index (Phi) is 7.08. The zero-order valence-corrected chi connectivity index (χ0v) is 17.7. The fourth-order valence-corrected chi connectivity index (χ4v) is 3.63. The number of anilines is 1. The zero-order valence-electron chi connectivity index (χ0n) is 16.9. The minimum Gasteiger partial charge on any atom is -0.478 e. The number of carboxylic acid groups (broad SMARTS) is 1. The summed E-state index contributed by atoms with van der Waals surface area (Å²) in [5.41, 5.74) is 0.490. The van der Waals surface area contributed by atoms with Crippen molar-refractivity contribution in [1.82, 2.24) is 20.1 Å². The van der Waals surface area contributed by atoms with E-state index in [1.54, 1.807) is 31.2 Å². The summed E-state index contributed by atoms with van der Waals surface area (Å²) in [6.45, 7) is 4.25. The van der Waals surface area contributed by atoms with Gasteiger partial charge in [0.15, 0.2) is 16.7 Å². The van der Waals surface area contributed by atoms with Crippen LogP contribution in [0.2, 0.25) is 0 Å². The number of thioether (sulfide) groups is 1. The van der Waals surface area contributed by atoms with Crippen LogP contribution in [0, 0.1) is 0 Å². The maximum absolute atomic E-state index is 12.3. The van der Waals surface area contributed by atoms with E-state index in [0.29, 0.717) is 23.2 Å². The molecule has 31 heavy (non-hydrogen) atoms. The lowest BCUT2D eigenvalue weighted by Crippen LogP contribution is -2.28. The van der Waals surface area contributed by atoms with Crippen LogP contribution in [0.5, 0.6) is 0 Å². The molecule has 3 rings (SSSR count). The van der Waals surface area contributed by atoms with Crippen molar-refractivity contribution in [1.29, 1.82) is 0 Å². The van der Waals surface area contributed by atoms with Crippen LogP contribution in [-0.2, 0) is 11.3 Å². The number of nitrogens with one attached hydrogen (secondary N) is 2. The first-order valence-electron chi connectivity index (χ1n) is 9.42. The number of benzene rings is 1. The lowest BCUT2D eigenvalue weighted by molar-refractivity contribution is -0.113. The van der Waals surface area contributed by atoms with E-state index in [2.05, 4.69) is 20.8 Å². The van der Waals surface area contributed by atoms with Gasteiger partial charge in [0.2, 0.25) is 5.91 Å². The summed E-state index contributed by atoms with van der Waals surface area (Å²) in [6, 6.07) is 8.79. The smallest absolute Gasteiger partial charge is 0.335 e. The molecule has 2 aromatic heterocycles. The highest BCUT2D eigenvalue weighted by molar-refractivity contribution is 7.99. The second kappa shape index (κ2) is 9.94. The van der Waals surface area contributed by atoms with E-state index in [4.69, 9.17) is 9.52 Å². The summed E-state index contributed by atoms with van der Waals surface area (Å²) in [6.07, 6.45) is 1.42. The average Bonchev–Trinajstić information content (AvgIpc) is 3.42. The van der Waals surface area contributed by atoms with Crippen LogP contribution in [0.1, 0.15) is 46.6 Å². The molecule has 1 atom stereocenters. The number of carboxylic acids is 1. The third-order valence-corrected chi connectivity index (χ3v) is 5.23. The first kappa shape index (κ1) is 22.1. The molecule has 0 fully saturated rings. The molecule has 1 aromatic carbocycles. The van der Waals surface area contributed by atoms with E-state index >= 15 is 0 Å². The van der Waals surface area contributed by atoms with Gasteiger partial charge in [-0.2, -0.15) is 0 Å². The van der Waals surface area contributed by atoms with Crippen LogP contribution in [0.4, 0.5) is 5.69 Å². The maximum Gasteiger partial charge on any atom is 0.335 e. The van der Waals surface area contributed by atoms with Gasteiger partial charge in [0, 0.05) is 12.2 Å². The Morgan fingerprint density at radius 3 is 2.71 bits per heavy atom. The molecule has 0 spiro atoms. The standard InChI is InChI=1S/C20H21N5O5S/c1-3-25-17(12(2)21-18(27)15-8-5-9-30-15)23-24-20(25)31-11-16(26)22-14-7-4-6-13(10-14)19(28)29/h4-10,12H,3,11H2,1-2H3,(H,21,27)(H,22,26)(H,28,29). The van der Waals surface area contributed by atoms with Crippen molar-refractivity contribution in [2.24, 2.45) is 0 Å². The first-order valence-corrected chi connectivity index (χ1v) is 10.4. The van der Waals surface area contributed by atoms with Gasteiger partial charge in [-0.25, -0.2) is 4.79 Å². The van der Waals surface area contributed by atoms with Gasteiger partial charge >= 0.3 is 5.97 Å². The summed E-state index contributed by atoms with van der Waals surface area (Å²) in [5, 5.41) is 23.4. The lowest BCUT2D eigenvalue weighted by atomic mass is 10.2. The summed E-state index contributed by atoms with van der Waals surface area (Å²) in [5.74, 6) is -0.920. The molecule has 10 nitrogen and oxygen atoms in total. The Hall–Kier alpha value is -3.60. The summed E-state index contributed by atoms with van der Waals surface area (Å²) in [7, 11) is 0. The van der Waals surface area contributed by atoms with Gasteiger partial charge < -0.3 is 24.7 Å². The van der Waals surface area contributed by atoms with Crippen molar-refractivity contribution in [3.63, 3.8) is 0 Å². The van der Waals surface area contributed by atoms with E-state index < -0.39 is 12.0 Å². The van der Waals surface area contributed by atoms with Gasteiger partial charge in [0.1, 0.15) is 0 Å². The number of hydrogen-bond acceptors (Lipinski definition) is 7. The Bertz CT molecular complexity index is 1080. The predicted octanol–water partition coefficient (Wildman–Crippen LogP) is 2.81. The number of carbonyl (C=O) groups is 3. The maximum atomic E-state index is 12.3. The van der Waals surface area contributed by atoms with Crippen molar-refractivity contribution in [3.05, 3.63) is 59.8 Å². The topological polar surface area (TPSA) is 139 Å². The number of amides is 2. The molecular weight excluding hydrogens is 422 g/mol. The molecule has 2 heterocycles. The highest BCUT2D eigenvalue weighted by Crippen LogP contribution is 2.21. The second-order valence-corrected chi connectivity index (χ2v) is 7.42. The Morgan fingerprint density at radius 1 is 1.23 bits per heavy atom. The molecule has 0 bridgehead atoms. The SMILES string of the molecule is CCn1c(SCC(=O)Nc2cccc(C(=O)O)c2)nnc1C(C)NC(=O)c1ccco1. The molecular formula is C20H21N5O5S. The molecule has 0 aliphatic rings. The Morgan fingerprint density at radius 2 is 2.03 bits per heavy atom. The fourth-order valence-electron chi connectivity index (χ4n) is 2.82. The highest BCUT2D eigenvalue weighted by atomic mass is 32.2. The molecule has 2 amide bonds. The largest absolute Gasteiger partial charge is 0.478 e. The van der Waals surface area contributed by atoms with Gasteiger partial charge in [0.25, 0.3) is 5.91 Å². The zero-order chi connectivity index (χ0) is 22.4. The molecule has 162 valence electrons. The van der Waals surface area contributed by atoms with Crippen LogP contribution in [0.3, 0.4) is 0 Å². The number of aromatic nitrogens is 3. The normalized spacial score (nSPS) is 11.7. The molecule has 0 saturated carbocycles. The number of nitrogens with zero attached hydrogens (tertiary/aromatic N) is 3. The van der Waals surface area contributed by atoms with Gasteiger partial charge in [-0.3, -0.25) is 9.59 Å². The van der Waals surface area contributed by atoms with Crippen LogP contribution < -0.4 is 10.6 Å². The number of aromatic carboxylic acids is 1. The van der Waals surface area contributed by atoms with Gasteiger partial charge in [-0.05, 0) is 44.2 Å². The molecule has 3 aromatic rings. The average molecular weight is 443 g/mol. The molecule has 1 unspecified atom stereocenters. The van der Waals surface area contributed by atoms with Crippen LogP contribution in [0.15, 0.2) is 52.2 Å². The van der Waals surface area contributed by atoms with Crippen LogP contribution >= 0.6 is 11.8 Å². The highest BCUT2D eigenvalue weighted by Gasteiger charge is 2.21. The molecule has 0 saturated heterocycles. The van der Waals surface area contributed by atoms with Crippen molar-refractivity contribution in [2.45, 2.75) is 31.6 Å². The van der Waals surface area contributed by atoms with Gasteiger partial charge in [-0.15, -0.1) is 10.2 Å². The van der Waals surface area contributed by atoms with Crippen LogP contribution in [-0.4, -0.2) is 43.4 Å². The number of rotatable bonds is 9. The van der Waals surface area contributed by atoms with E-state index in [-0.39, 0.29) is 28.9 Å². The molecule has 0 aliphatic carbocycles. The van der Waals surface area contributed by atoms with Gasteiger partial charge in [-0.1, -0.05) is 17.8 Å². The lowest BCUT2D eigenvalue weighted by Gasteiger charge is -2.14. The second-order valence-electron chi connectivity index (χ2n) is 6.48. The monoisotopic (exact) mass is 443 g/mol. The first-order chi connectivity index (χ1) is 14.9. The Balaban J connectivity index is 1.61. The minimum atomic E-state index is -1.07. The van der Waals surface area contributed by atoms with Crippen molar-refractivity contribution >= 4 is 35.2 Å². The van der Waals surface area contributed by atoms with E-state index in [1.165, 1.54) is 30.2 Å². The van der Waals surface area contributed by atoms with E-state index in [1.807, 2.05) is 11.5 Å². The molecule has 11 heteroatoms. The summed E-state index contributed by atoms with van der Waals surface area (Å²) < 4.78 is 6.91.